The van der Waals surface area contributed by atoms with Gasteiger partial charge in [-0.05, 0) is 61.1 Å². The topological polar surface area (TPSA) is 29.5 Å². The van der Waals surface area contributed by atoms with Crippen LogP contribution in [0.25, 0.3) is 0 Å². The SMILES string of the molecule is CCC(C)c1ccc(OC2CC(C(C)C)CCC2O)cc1. The number of benzene rings is 1. The van der Waals surface area contributed by atoms with Gasteiger partial charge < -0.3 is 9.84 Å². The zero-order valence-electron chi connectivity index (χ0n) is 13.9. The Bertz CT molecular complexity index is 424. The van der Waals surface area contributed by atoms with Crippen LogP contribution in [0.5, 0.6) is 5.75 Å². The minimum absolute atomic E-state index is 0.0550. The fourth-order valence-electron chi connectivity index (χ4n) is 3.16. The Balaban J connectivity index is 1.99. The summed E-state index contributed by atoms with van der Waals surface area (Å²) in [4.78, 5) is 0. The van der Waals surface area contributed by atoms with Crippen molar-refractivity contribution in [2.45, 2.75) is 71.5 Å². The van der Waals surface area contributed by atoms with Gasteiger partial charge in [0.2, 0.25) is 0 Å². The maximum Gasteiger partial charge on any atom is 0.125 e. The molecule has 1 fully saturated rings. The third kappa shape index (κ3) is 4.23. The third-order valence-corrected chi connectivity index (χ3v) is 5.09. The van der Waals surface area contributed by atoms with E-state index in [0.717, 1.165) is 31.4 Å². The van der Waals surface area contributed by atoms with Crippen LogP contribution in [-0.2, 0) is 0 Å². The van der Waals surface area contributed by atoms with Crippen molar-refractivity contribution < 1.29 is 9.84 Å². The van der Waals surface area contributed by atoms with Crippen LogP contribution in [0.1, 0.15) is 64.9 Å². The van der Waals surface area contributed by atoms with Crippen LogP contribution in [0, 0.1) is 11.8 Å². The lowest BCUT2D eigenvalue weighted by Crippen LogP contribution is -2.39. The number of hydrogen-bond donors (Lipinski definition) is 1. The molecule has 118 valence electrons. The minimum Gasteiger partial charge on any atom is -0.488 e. The highest BCUT2D eigenvalue weighted by Gasteiger charge is 2.32. The molecule has 0 aliphatic heterocycles. The zero-order valence-corrected chi connectivity index (χ0v) is 13.9. The predicted octanol–water partition coefficient (Wildman–Crippen LogP) is 4.76. The molecule has 1 N–H and O–H groups in total. The van der Waals surface area contributed by atoms with Crippen molar-refractivity contribution in [3.05, 3.63) is 29.8 Å². The fraction of sp³-hybridized carbons (Fsp3) is 0.684. The van der Waals surface area contributed by atoms with Crippen LogP contribution in [0.3, 0.4) is 0 Å². The van der Waals surface area contributed by atoms with Gasteiger partial charge in [-0.3, -0.25) is 0 Å². The summed E-state index contributed by atoms with van der Waals surface area (Å²) in [6, 6.07) is 8.40. The van der Waals surface area contributed by atoms with E-state index in [9.17, 15) is 5.11 Å². The Kier molecular flexibility index (Phi) is 5.69. The number of aliphatic hydroxyl groups is 1. The average Bonchev–Trinajstić information content (AvgIpc) is 2.49. The minimum atomic E-state index is -0.325. The standard InChI is InChI=1S/C19H30O2/c1-5-14(4)15-6-9-17(10-7-15)21-19-12-16(13(2)3)8-11-18(19)20/h6-7,9-10,13-14,16,18-20H,5,8,11-12H2,1-4H3. The van der Waals surface area contributed by atoms with Crippen LogP contribution in [-0.4, -0.2) is 17.3 Å². The monoisotopic (exact) mass is 290 g/mol. The van der Waals surface area contributed by atoms with Crippen LogP contribution >= 0.6 is 0 Å². The van der Waals surface area contributed by atoms with E-state index in [0.29, 0.717) is 17.8 Å². The second kappa shape index (κ2) is 7.31. The fourth-order valence-corrected chi connectivity index (χ4v) is 3.16. The predicted molar refractivity (Wildman–Crippen MR) is 87.7 cm³/mol. The van der Waals surface area contributed by atoms with Crippen molar-refractivity contribution in [2.24, 2.45) is 11.8 Å². The summed E-state index contributed by atoms with van der Waals surface area (Å²) >= 11 is 0. The Morgan fingerprint density at radius 3 is 2.38 bits per heavy atom. The van der Waals surface area contributed by atoms with Gasteiger partial charge in [0.15, 0.2) is 0 Å². The van der Waals surface area contributed by atoms with Gasteiger partial charge in [-0.15, -0.1) is 0 Å². The average molecular weight is 290 g/mol. The first-order chi connectivity index (χ1) is 10.0. The molecule has 0 radical (unpaired) electrons. The van der Waals surface area contributed by atoms with Crippen molar-refractivity contribution in [3.8, 4) is 5.75 Å². The number of hydrogen-bond acceptors (Lipinski definition) is 2. The van der Waals surface area contributed by atoms with E-state index in [1.165, 1.54) is 5.56 Å². The molecule has 0 spiro atoms. The van der Waals surface area contributed by atoms with Crippen LogP contribution < -0.4 is 4.74 Å². The van der Waals surface area contributed by atoms with E-state index in [1.54, 1.807) is 0 Å². The van der Waals surface area contributed by atoms with E-state index < -0.39 is 0 Å². The molecule has 4 unspecified atom stereocenters. The highest BCUT2D eigenvalue weighted by Crippen LogP contribution is 2.33. The Hall–Kier alpha value is -1.02. The quantitative estimate of drug-likeness (QED) is 0.847. The molecule has 0 bridgehead atoms. The van der Waals surface area contributed by atoms with Crippen molar-refractivity contribution in [1.29, 1.82) is 0 Å². The van der Waals surface area contributed by atoms with E-state index >= 15 is 0 Å². The van der Waals surface area contributed by atoms with E-state index in [2.05, 4.69) is 39.8 Å². The summed E-state index contributed by atoms with van der Waals surface area (Å²) in [7, 11) is 0. The number of aliphatic hydroxyl groups excluding tert-OH is 1. The van der Waals surface area contributed by atoms with Gasteiger partial charge in [0.05, 0.1) is 6.10 Å². The molecule has 4 atom stereocenters. The molecule has 2 nitrogen and oxygen atoms in total. The molecule has 0 heterocycles. The molecule has 0 aromatic heterocycles. The van der Waals surface area contributed by atoms with E-state index in [1.807, 2.05) is 12.1 Å². The highest BCUT2D eigenvalue weighted by molar-refractivity contribution is 5.29. The maximum absolute atomic E-state index is 10.2. The van der Waals surface area contributed by atoms with Gasteiger partial charge in [0.1, 0.15) is 11.9 Å². The molecule has 21 heavy (non-hydrogen) atoms. The Morgan fingerprint density at radius 1 is 1.14 bits per heavy atom. The summed E-state index contributed by atoms with van der Waals surface area (Å²) in [6.45, 7) is 8.98. The summed E-state index contributed by atoms with van der Waals surface area (Å²) in [5, 5.41) is 10.2. The molecule has 0 amide bonds. The van der Waals surface area contributed by atoms with Crippen LogP contribution in [0.4, 0.5) is 0 Å². The maximum atomic E-state index is 10.2. The second-order valence-electron chi connectivity index (χ2n) is 6.92. The van der Waals surface area contributed by atoms with Gasteiger partial charge >= 0.3 is 0 Å². The molecule has 1 saturated carbocycles. The summed E-state index contributed by atoms with van der Waals surface area (Å²) < 4.78 is 6.07. The lowest BCUT2D eigenvalue weighted by molar-refractivity contribution is -0.0176. The Labute approximate surface area is 129 Å². The molecule has 2 rings (SSSR count). The molecule has 0 saturated heterocycles. The smallest absolute Gasteiger partial charge is 0.125 e. The zero-order chi connectivity index (χ0) is 15.4. The number of ether oxygens (including phenoxy) is 1. The van der Waals surface area contributed by atoms with Crippen molar-refractivity contribution in [3.63, 3.8) is 0 Å². The highest BCUT2D eigenvalue weighted by atomic mass is 16.5. The van der Waals surface area contributed by atoms with Gasteiger partial charge in [0, 0.05) is 0 Å². The summed E-state index contributed by atoms with van der Waals surface area (Å²) in [5.41, 5.74) is 1.36. The van der Waals surface area contributed by atoms with Crippen molar-refractivity contribution >= 4 is 0 Å². The first-order valence-electron chi connectivity index (χ1n) is 8.46. The van der Waals surface area contributed by atoms with Gasteiger partial charge in [-0.2, -0.15) is 0 Å². The van der Waals surface area contributed by atoms with Crippen molar-refractivity contribution in [2.75, 3.05) is 0 Å². The molecule has 2 heteroatoms. The first-order valence-corrected chi connectivity index (χ1v) is 8.46. The molecule has 1 aromatic carbocycles. The van der Waals surface area contributed by atoms with Crippen LogP contribution in [0.15, 0.2) is 24.3 Å². The largest absolute Gasteiger partial charge is 0.488 e. The molecular formula is C19H30O2. The van der Waals surface area contributed by atoms with E-state index in [4.69, 9.17) is 4.74 Å². The van der Waals surface area contributed by atoms with E-state index in [-0.39, 0.29) is 12.2 Å². The molecule has 1 aromatic rings. The molecule has 1 aliphatic rings. The van der Waals surface area contributed by atoms with Gasteiger partial charge in [0.25, 0.3) is 0 Å². The van der Waals surface area contributed by atoms with Gasteiger partial charge in [-0.1, -0.05) is 39.8 Å². The first kappa shape index (κ1) is 16.4. The van der Waals surface area contributed by atoms with Crippen molar-refractivity contribution in [1.82, 2.24) is 0 Å². The summed E-state index contributed by atoms with van der Waals surface area (Å²) in [5.74, 6) is 2.80. The van der Waals surface area contributed by atoms with Gasteiger partial charge in [-0.25, -0.2) is 0 Å². The summed E-state index contributed by atoms with van der Waals surface area (Å²) in [6.07, 6.45) is 3.71. The number of rotatable bonds is 5. The van der Waals surface area contributed by atoms with Crippen LogP contribution in [0.2, 0.25) is 0 Å². The molecular weight excluding hydrogens is 260 g/mol. The Morgan fingerprint density at radius 2 is 1.81 bits per heavy atom. The lowest BCUT2D eigenvalue weighted by Gasteiger charge is -2.35. The third-order valence-electron chi connectivity index (χ3n) is 5.09. The normalized spacial score (nSPS) is 27.6. The second-order valence-corrected chi connectivity index (χ2v) is 6.92. The molecule has 1 aliphatic carbocycles. The lowest BCUT2D eigenvalue weighted by atomic mass is 9.79.